The zero-order valence-corrected chi connectivity index (χ0v) is 8.38. The van der Waals surface area contributed by atoms with Crippen molar-refractivity contribution in [2.24, 2.45) is 11.8 Å². The number of hydrogen-bond donors (Lipinski definition) is 4. The third-order valence-electron chi connectivity index (χ3n) is 1.48. The van der Waals surface area contributed by atoms with Crippen molar-refractivity contribution in [2.45, 2.75) is 13.0 Å². The van der Waals surface area contributed by atoms with Crippen molar-refractivity contribution >= 4 is 17.7 Å². The third-order valence-corrected chi connectivity index (χ3v) is 2.83. The summed E-state index contributed by atoms with van der Waals surface area (Å²) in [5.41, 5.74) is 2.05. The maximum Gasteiger partial charge on any atom is 0.237 e. The van der Waals surface area contributed by atoms with Crippen LogP contribution in [0.5, 0.6) is 0 Å². The third kappa shape index (κ3) is 5.87. The number of carbonyl (C=O) groups excluding carboxylic acids is 1. The van der Waals surface area contributed by atoms with Gasteiger partial charge < -0.3 is 10.2 Å². The van der Waals surface area contributed by atoms with Gasteiger partial charge in [-0.3, -0.25) is 10.2 Å². The monoisotopic (exact) mass is 208 g/mol. The van der Waals surface area contributed by atoms with Gasteiger partial charge in [-0.1, -0.05) is 6.92 Å². The number of nitrogens with one attached hydrogen (secondary N) is 1. The summed E-state index contributed by atoms with van der Waals surface area (Å²) in [6.07, 6.45) is -0.710. The van der Waals surface area contributed by atoms with Gasteiger partial charge in [0.15, 0.2) is 0 Å². The topological polar surface area (TPSA) is 95.6 Å². The molecule has 13 heavy (non-hydrogen) atoms. The highest BCUT2D eigenvalue weighted by Crippen LogP contribution is 2.09. The molecule has 0 aliphatic carbocycles. The molecule has 0 rings (SSSR count). The predicted molar refractivity (Wildman–Crippen MR) is 51.9 cm³/mol. The van der Waals surface area contributed by atoms with E-state index in [-0.39, 0.29) is 18.4 Å². The second-order valence-corrected chi connectivity index (χ2v) is 3.86. The Bertz CT molecular complexity index is 157. The van der Waals surface area contributed by atoms with Gasteiger partial charge in [-0.2, -0.15) is 11.8 Å². The number of hydrazine groups is 1. The van der Waals surface area contributed by atoms with Crippen LogP contribution in [0.25, 0.3) is 0 Å². The van der Waals surface area contributed by atoms with Gasteiger partial charge >= 0.3 is 0 Å². The molecule has 0 saturated carbocycles. The number of aliphatic hydroxyl groups is 2. The molecule has 1 amide bonds. The Balaban J connectivity index is 3.47. The molecular weight excluding hydrogens is 192 g/mol. The van der Waals surface area contributed by atoms with Crippen molar-refractivity contribution in [3.63, 3.8) is 0 Å². The second-order valence-electron chi connectivity index (χ2n) is 2.78. The molecule has 0 aromatic heterocycles. The van der Waals surface area contributed by atoms with E-state index in [2.05, 4.69) is 5.43 Å². The molecule has 2 atom stereocenters. The lowest BCUT2D eigenvalue weighted by molar-refractivity contribution is -0.123. The van der Waals surface area contributed by atoms with Crippen LogP contribution in [-0.4, -0.2) is 40.3 Å². The Morgan fingerprint density at radius 2 is 2.23 bits per heavy atom. The molecular formula is C7H16N2O3S. The van der Waals surface area contributed by atoms with Crippen LogP contribution in [0.2, 0.25) is 0 Å². The van der Waals surface area contributed by atoms with E-state index in [1.54, 1.807) is 6.92 Å². The van der Waals surface area contributed by atoms with Crippen LogP contribution in [-0.2, 0) is 4.79 Å². The fourth-order valence-electron chi connectivity index (χ4n) is 0.652. The molecule has 78 valence electrons. The minimum absolute atomic E-state index is 0.180. The molecule has 0 bridgehead atoms. The lowest BCUT2D eigenvalue weighted by Crippen LogP contribution is -2.35. The summed E-state index contributed by atoms with van der Waals surface area (Å²) in [7, 11) is 0. The Morgan fingerprint density at radius 1 is 1.62 bits per heavy atom. The van der Waals surface area contributed by atoms with Gasteiger partial charge in [-0.25, -0.2) is 5.84 Å². The van der Waals surface area contributed by atoms with E-state index in [4.69, 9.17) is 16.1 Å². The van der Waals surface area contributed by atoms with Crippen molar-refractivity contribution in [3.05, 3.63) is 0 Å². The van der Waals surface area contributed by atoms with Gasteiger partial charge in [0.1, 0.15) is 0 Å². The van der Waals surface area contributed by atoms with E-state index in [0.717, 1.165) is 0 Å². The standard InChI is InChI=1S/C7H16N2O3S/c1-5(7(12)9-8)3-13-4-6(11)2-10/h5-6,10-11H,2-4,8H2,1H3,(H,9,12). The predicted octanol–water partition coefficient (Wildman–Crippen LogP) is -1.30. The zero-order valence-electron chi connectivity index (χ0n) is 7.56. The van der Waals surface area contributed by atoms with Gasteiger partial charge in [-0.05, 0) is 0 Å². The maximum absolute atomic E-state index is 10.9. The molecule has 0 aliphatic rings. The number of amides is 1. The minimum atomic E-state index is -0.710. The number of thioether (sulfide) groups is 1. The normalized spacial score (nSPS) is 15.1. The molecule has 0 aromatic rings. The minimum Gasteiger partial charge on any atom is -0.394 e. The highest BCUT2D eigenvalue weighted by molar-refractivity contribution is 7.99. The van der Waals surface area contributed by atoms with Crippen molar-refractivity contribution < 1.29 is 15.0 Å². The van der Waals surface area contributed by atoms with E-state index in [1.807, 2.05) is 0 Å². The number of rotatable bonds is 6. The van der Waals surface area contributed by atoms with E-state index in [0.29, 0.717) is 11.5 Å². The summed E-state index contributed by atoms with van der Waals surface area (Å²) < 4.78 is 0. The van der Waals surface area contributed by atoms with Gasteiger partial charge in [0.25, 0.3) is 0 Å². The summed E-state index contributed by atoms with van der Waals surface area (Å²) in [4.78, 5) is 10.9. The first-order valence-corrected chi connectivity index (χ1v) is 5.14. The molecule has 2 unspecified atom stereocenters. The smallest absolute Gasteiger partial charge is 0.237 e. The fraction of sp³-hybridized carbons (Fsp3) is 0.857. The second kappa shape index (κ2) is 7.14. The SMILES string of the molecule is CC(CSCC(O)CO)C(=O)NN. The molecule has 0 spiro atoms. The van der Waals surface area contributed by atoms with Crippen LogP contribution in [0.3, 0.4) is 0 Å². The maximum atomic E-state index is 10.9. The Morgan fingerprint density at radius 3 is 2.69 bits per heavy atom. The first-order chi connectivity index (χ1) is 6.11. The van der Waals surface area contributed by atoms with Crippen LogP contribution in [0.4, 0.5) is 0 Å². The summed E-state index contributed by atoms with van der Waals surface area (Å²) in [6.45, 7) is 1.50. The largest absolute Gasteiger partial charge is 0.394 e. The molecule has 0 fully saturated rings. The van der Waals surface area contributed by atoms with Gasteiger partial charge in [0, 0.05) is 17.4 Å². The fourth-order valence-corrected chi connectivity index (χ4v) is 1.67. The van der Waals surface area contributed by atoms with E-state index >= 15 is 0 Å². The van der Waals surface area contributed by atoms with Crippen LogP contribution in [0, 0.1) is 5.92 Å². The van der Waals surface area contributed by atoms with Crippen molar-refractivity contribution in [3.8, 4) is 0 Å². The van der Waals surface area contributed by atoms with Crippen LogP contribution >= 0.6 is 11.8 Å². The molecule has 0 radical (unpaired) electrons. The van der Waals surface area contributed by atoms with Gasteiger partial charge in [0.2, 0.25) is 5.91 Å². The molecule has 0 aliphatic heterocycles. The quantitative estimate of drug-likeness (QED) is 0.247. The summed E-state index contributed by atoms with van der Waals surface area (Å²) in [5.74, 6) is 5.55. The number of nitrogens with two attached hydrogens (primary N) is 1. The average Bonchev–Trinajstić information content (AvgIpc) is 2.15. The van der Waals surface area contributed by atoms with E-state index < -0.39 is 6.10 Å². The van der Waals surface area contributed by atoms with Crippen molar-refractivity contribution in [1.82, 2.24) is 5.43 Å². The number of carbonyl (C=O) groups is 1. The first-order valence-electron chi connectivity index (χ1n) is 3.99. The molecule has 0 heterocycles. The van der Waals surface area contributed by atoms with Gasteiger partial charge in [0.05, 0.1) is 12.7 Å². The highest BCUT2D eigenvalue weighted by Gasteiger charge is 2.11. The summed E-state index contributed by atoms with van der Waals surface area (Å²) in [6, 6.07) is 0. The lowest BCUT2D eigenvalue weighted by atomic mass is 10.2. The zero-order chi connectivity index (χ0) is 10.3. The number of aliphatic hydroxyl groups excluding tert-OH is 2. The lowest BCUT2D eigenvalue weighted by Gasteiger charge is -2.10. The Hall–Kier alpha value is -0.300. The van der Waals surface area contributed by atoms with Crippen LogP contribution in [0.15, 0.2) is 0 Å². The number of hydrogen-bond acceptors (Lipinski definition) is 5. The Labute approximate surface area is 81.7 Å². The highest BCUT2D eigenvalue weighted by atomic mass is 32.2. The average molecular weight is 208 g/mol. The van der Waals surface area contributed by atoms with Gasteiger partial charge in [-0.15, -0.1) is 0 Å². The van der Waals surface area contributed by atoms with Crippen molar-refractivity contribution in [2.75, 3.05) is 18.1 Å². The summed E-state index contributed by atoms with van der Waals surface area (Å²) >= 11 is 1.41. The van der Waals surface area contributed by atoms with E-state index in [9.17, 15) is 4.79 Å². The molecule has 6 heteroatoms. The molecule has 0 saturated heterocycles. The molecule has 5 N–H and O–H groups in total. The van der Waals surface area contributed by atoms with Crippen LogP contribution < -0.4 is 11.3 Å². The molecule has 0 aromatic carbocycles. The summed E-state index contributed by atoms with van der Waals surface area (Å²) in [5, 5.41) is 17.5. The molecule has 5 nitrogen and oxygen atoms in total. The van der Waals surface area contributed by atoms with E-state index in [1.165, 1.54) is 11.8 Å². The first kappa shape index (κ1) is 12.7. The Kier molecular flexibility index (Phi) is 6.97. The van der Waals surface area contributed by atoms with Crippen LogP contribution in [0.1, 0.15) is 6.92 Å². The van der Waals surface area contributed by atoms with Crippen molar-refractivity contribution in [1.29, 1.82) is 0 Å².